The number of ether oxygens (including phenoxy) is 1. The Morgan fingerprint density at radius 2 is 1.72 bits per heavy atom. The van der Waals surface area contributed by atoms with Crippen LogP contribution in [0.2, 0.25) is 0 Å². The van der Waals surface area contributed by atoms with Gasteiger partial charge in [0.1, 0.15) is 18.1 Å². The predicted molar refractivity (Wildman–Crippen MR) is 127 cm³/mol. The quantitative estimate of drug-likeness (QED) is 0.370. The highest BCUT2D eigenvalue weighted by atomic mass is 79.9. The second-order valence-corrected chi connectivity index (χ2v) is 8.11. The highest BCUT2D eigenvalue weighted by molar-refractivity contribution is 9.10. The zero-order valence-corrected chi connectivity index (χ0v) is 19.0. The van der Waals surface area contributed by atoms with E-state index in [1.807, 2.05) is 60.7 Å². The fourth-order valence-electron chi connectivity index (χ4n) is 3.21. The molecule has 1 heterocycles. The predicted octanol–water partition coefficient (Wildman–Crippen LogP) is 5.49. The van der Waals surface area contributed by atoms with Crippen LogP contribution in [-0.4, -0.2) is 30.3 Å². The molecule has 0 saturated carbocycles. The van der Waals surface area contributed by atoms with E-state index in [-0.39, 0.29) is 30.7 Å². The van der Waals surface area contributed by atoms with E-state index in [0.717, 1.165) is 15.2 Å². The Kier molecular flexibility index (Phi) is 6.56. The molecule has 32 heavy (non-hydrogen) atoms. The average Bonchev–Trinajstić information content (AvgIpc) is 3.27. The minimum absolute atomic E-state index is 0.107. The van der Waals surface area contributed by atoms with Crippen LogP contribution in [0.15, 0.2) is 87.8 Å². The molecule has 0 radical (unpaired) electrons. The number of hydrogen-bond donors (Lipinski definition) is 1. The van der Waals surface area contributed by atoms with Gasteiger partial charge in [0.05, 0.1) is 12.2 Å². The number of furan rings is 1. The van der Waals surface area contributed by atoms with Crippen molar-refractivity contribution in [2.24, 2.45) is 0 Å². The number of nitrogens with one attached hydrogen (secondary N) is 1. The fourth-order valence-corrected chi connectivity index (χ4v) is 3.59. The summed E-state index contributed by atoms with van der Waals surface area (Å²) in [5.74, 6) is 0.697. The highest BCUT2D eigenvalue weighted by Crippen LogP contribution is 2.23. The molecule has 7 heteroatoms. The van der Waals surface area contributed by atoms with Crippen LogP contribution < -0.4 is 10.1 Å². The van der Waals surface area contributed by atoms with Gasteiger partial charge in [0.2, 0.25) is 5.91 Å². The highest BCUT2D eigenvalue weighted by Gasteiger charge is 2.19. The van der Waals surface area contributed by atoms with Crippen molar-refractivity contribution in [2.75, 3.05) is 18.9 Å². The smallest absolute Gasteiger partial charge is 0.289 e. The molecule has 0 aliphatic carbocycles. The number of carbonyl (C=O) groups is 2. The van der Waals surface area contributed by atoms with Crippen molar-refractivity contribution in [3.8, 4) is 5.75 Å². The van der Waals surface area contributed by atoms with Crippen LogP contribution in [0, 0.1) is 0 Å². The molecule has 0 aliphatic rings. The summed E-state index contributed by atoms with van der Waals surface area (Å²) in [5.41, 5.74) is 0.643. The van der Waals surface area contributed by atoms with Crippen LogP contribution in [0.3, 0.4) is 0 Å². The monoisotopic (exact) mass is 492 g/mol. The third-order valence-electron chi connectivity index (χ3n) is 4.85. The zero-order chi connectivity index (χ0) is 22.5. The summed E-state index contributed by atoms with van der Waals surface area (Å²) in [4.78, 5) is 26.2. The third-order valence-corrected chi connectivity index (χ3v) is 5.54. The summed E-state index contributed by atoms with van der Waals surface area (Å²) in [6, 6.07) is 24.4. The number of benzene rings is 3. The van der Waals surface area contributed by atoms with Crippen molar-refractivity contribution in [3.05, 3.63) is 94.9 Å². The summed E-state index contributed by atoms with van der Waals surface area (Å²) in [6.07, 6.45) is 0. The van der Waals surface area contributed by atoms with E-state index < -0.39 is 0 Å². The van der Waals surface area contributed by atoms with E-state index in [2.05, 4.69) is 21.2 Å². The normalized spacial score (nSPS) is 10.7. The molecule has 1 aromatic heterocycles. The average molecular weight is 493 g/mol. The van der Waals surface area contributed by atoms with Gasteiger partial charge in [-0.3, -0.25) is 9.59 Å². The lowest BCUT2D eigenvalue weighted by molar-refractivity contribution is -0.116. The lowest BCUT2D eigenvalue weighted by Gasteiger charge is -2.16. The van der Waals surface area contributed by atoms with Crippen LogP contribution in [0.4, 0.5) is 5.69 Å². The molecule has 6 nitrogen and oxygen atoms in total. The number of nitrogens with zero attached hydrogens (tertiary/aromatic N) is 1. The van der Waals surface area contributed by atoms with Gasteiger partial charge in [-0.15, -0.1) is 0 Å². The van der Waals surface area contributed by atoms with Gasteiger partial charge in [-0.05, 0) is 63.1 Å². The van der Waals surface area contributed by atoms with Crippen molar-refractivity contribution >= 4 is 44.2 Å². The Labute approximate surface area is 193 Å². The molecule has 3 aromatic carbocycles. The molecule has 4 rings (SSSR count). The number of anilines is 1. The Morgan fingerprint density at radius 3 is 2.53 bits per heavy atom. The van der Waals surface area contributed by atoms with Crippen LogP contribution in [0.25, 0.3) is 10.8 Å². The van der Waals surface area contributed by atoms with Gasteiger partial charge >= 0.3 is 0 Å². The standard InChI is InChI=1S/C25H21BrN2O4/c1-28(15-24(29)27-22-9-5-4-8-21(22)26)25(30)23-13-12-20(32-23)16-31-19-11-10-17-6-2-3-7-18(17)14-19/h2-14H,15-16H2,1H3,(H,27,29). The SMILES string of the molecule is CN(CC(=O)Nc1ccccc1Br)C(=O)c1ccc(COc2ccc3ccccc3c2)o1. The molecule has 0 aliphatic heterocycles. The first kappa shape index (κ1) is 21.6. The van der Waals surface area contributed by atoms with Gasteiger partial charge < -0.3 is 19.4 Å². The lowest BCUT2D eigenvalue weighted by Crippen LogP contribution is -2.34. The summed E-state index contributed by atoms with van der Waals surface area (Å²) < 4.78 is 12.2. The van der Waals surface area contributed by atoms with Crippen molar-refractivity contribution in [2.45, 2.75) is 6.61 Å². The van der Waals surface area contributed by atoms with E-state index in [1.54, 1.807) is 25.2 Å². The number of carbonyl (C=O) groups excluding carboxylic acids is 2. The number of para-hydroxylation sites is 1. The number of likely N-dealkylation sites (N-methyl/N-ethyl adjacent to an activating group) is 1. The molecule has 2 amide bonds. The van der Waals surface area contributed by atoms with E-state index in [0.29, 0.717) is 17.2 Å². The molecule has 162 valence electrons. The van der Waals surface area contributed by atoms with Gasteiger partial charge in [-0.25, -0.2) is 0 Å². The molecule has 0 atom stereocenters. The molecule has 0 fully saturated rings. The first-order chi connectivity index (χ1) is 15.5. The maximum atomic E-state index is 12.6. The van der Waals surface area contributed by atoms with Crippen LogP contribution >= 0.6 is 15.9 Å². The molecule has 0 bridgehead atoms. The maximum absolute atomic E-state index is 12.6. The first-order valence-electron chi connectivity index (χ1n) is 10.00. The first-order valence-corrected chi connectivity index (χ1v) is 10.8. The summed E-state index contributed by atoms with van der Waals surface area (Å²) in [5, 5.41) is 5.00. The van der Waals surface area contributed by atoms with Crippen molar-refractivity contribution in [1.82, 2.24) is 4.90 Å². The molecule has 0 unspecified atom stereocenters. The van der Waals surface area contributed by atoms with Crippen LogP contribution in [0.1, 0.15) is 16.3 Å². The number of rotatable bonds is 7. The van der Waals surface area contributed by atoms with Gasteiger partial charge in [0.15, 0.2) is 5.76 Å². The Bertz CT molecular complexity index is 1270. The number of hydrogen-bond acceptors (Lipinski definition) is 4. The van der Waals surface area contributed by atoms with Gasteiger partial charge in [-0.1, -0.05) is 42.5 Å². The minimum atomic E-state index is -0.385. The minimum Gasteiger partial charge on any atom is -0.486 e. The Hall–Kier alpha value is -3.58. The summed E-state index contributed by atoms with van der Waals surface area (Å²) in [6.45, 7) is 0.0850. The van der Waals surface area contributed by atoms with Gasteiger partial charge in [0.25, 0.3) is 5.91 Å². The third kappa shape index (κ3) is 5.18. The number of halogens is 1. The van der Waals surface area contributed by atoms with Crippen molar-refractivity contribution < 1.29 is 18.7 Å². The lowest BCUT2D eigenvalue weighted by atomic mass is 10.1. The van der Waals surface area contributed by atoms with E-state index in [4.69, 9.17) is 9.15 Å². The maximum Gasteiger partial charge on any atom is 0.289 e. The van der Waals surface area contributed by atoms with Gasteiger partial charge in [-0.2, -0.15) is 0 Å². The number of amides is 2. The topological polar surface area (TPSA) is 71.8 Å². The second kappa shape index (κ2) is 9.70. The van der Waals surface area contributed by atoms with Crippen molar-refractivity contribution in [3.63, 3.8) is 0 Å². The Morgan fingerprint density at radius 1 is 0.969 bits per heavy atom. The summed E-state index contributed by atoms with van der Waals surface area (Å²) >= 11 is 3.38. The fraction of sp³-hybridized carbons (Fsp3) is 0.120. The summed E-state index contributed by atoms with van der Waals surface area (Å²) in [7, 11) is 1.55. The van der Waals surface area contributed by atoms with E-state index in [9.17, 15) is 9.59 Å². The van der Waals surface area contributed by atoms with Crippen molar-refractivity contribution in [1.29, 1.82) is 0 Å². The molecule has 1 N–H and O–H groups in total. The van der Waals surface area contributed by atoms with E-state index >= 15 is 0 Å². The molecule has 0 saturated heterocycles. The Balaban J connectivity index is 1.33. The van der Waals surface area contributed by atoms with E-state index in [1.165, 1.54) is 4.90 Å². The van der Waals surface area contributed by atoms with Gasteiger partial charge in [0, 0.05) is 11.5 Å². The molecular formula is C25H21BrN2O4. The zero-order valence-electron chi connectivity index (χ0n) is 17.4. The molecular weight excluding hydrogens is 472 g/mol. The van der Waals surface area contributed by atoms with Crippen LogP contribution in [-0.2, 0) is 11.4 Å². The second-order valence-electron chi connectivity index (χ2n) is 7.25. The molecule has 0 spiro atoms. The largest absolute Gasteiger partial charge is 0.486 e. The molecule has 4 aromatic rings. The number of fused-ring (bicyclic) bond motifs is 1. The van der Waals surface area contributed by atoms with Crippen LogP contribution in [0.5, 0.6) is 5.75 Å².